The van der Waals surface area contributed by atoms with Crippen molar-refractivity contribution in [1.82, 2.24) is 5.32 Å². The predicted octanol–water partition coefficient (Wildman–Crippen LogP) is 3.11. The molecule has 0 aromatic heterocycles. The number of rotatable bonds is 8. The van der Waals surface area contributed by atoms with Crippen LogP contribution in [-0.2, 0) is 11.3 Å². The van der Waals surface area contributed by atoms with Crippen LogP contribution >= 0.6 is 11.6 Å². The van der Waals surface area contributed by atoms with Crippen LogP contribution in [-0.4, -0.2) is 26.9 Å². The minimum Gasteiger partial charge on any atom is -0.493 e. The Kier molecular flexibility index (Phi) is 7.09. The summed E-state index contributed by atoms with van der Waals surface area (Å²) in [5.41, 5.74) is 1.08. The van der Waals surface area contributed by atoms with Gasteiger partial charge in [-0.15, -0.1) is 0 Å². The number of halogens is 1. The Morgan fingerprint density at radius 1 is 1.33 bits per heavy atom. The van der Waals surface area contributed by atoms with Crippen LogP contribution in [0.1, 0.15) is 19.4 Å². The third kappa shape index (κ3) is 5.71. The molecule has 3 nitrogen and oxygen atoms in total. The molecule has 4 heteroatoms. The average Bonchev–Trinajstić information content (AvgIpc) is 2.33. The SMILES string of the molecule is COCCNCc1cc(Cl)ccc1OCC(C)C. The monoisotopic (exact) mass is 271 g/mol. The molecule has 0 fully saturated rings. The maximum atomic E-state index is 6.01. The van der Waals surface area contributed by atoms with E-state index < -0.39 is 0 Å². The van der Waals surface area contributed by atoms with Crippen LogP contribution in [0.2, 0.25) is 5.02 Å². The summed E-state index contributed by atoms with van der Waals surface area (Å²) in [6, 6.07) is 5.73. The smallest absolute Gasteiger partial charge is 0.123 e. The molecule has 0 aliphatic carbocycles. The standard InChI is InChI=1S/C14H22ClNO2/c1-11(2)10-18-14-5-4-13(15)8-12(14)9-16-6-7-17-3/h4-5,8,11,16H,6-7,9-10H2,1-3H3. The molecule has 0 atom stereocenters. The second-order valence-electron chi connectivity index (χ2n) is 4.63. The van der Waals surface area contributed by atoms with Gasteiger partial charge in [0.2, 0.25) is 0 Å². The van der Waals surface area contributed by atoms with E-state index in [1.807, 2.05) is 18.2 Å². The molecule has 0 heterocycles. The first kappa shape index (κ1) is 15.3. The molecule has 0 unspecified atom stereocenters. The van der Waals surface area contributed by atoms with E-state index in [9.17, 15) is 0 Å². The molecule has 0 saturated heterocycles. The summed E-state index contributed by atoms with van der Waals surface area (Å²) < 4.78 is 10.8. The maximum absolute atomic E-state index is 6.01. The number of ether oxygens (including phenoxy) is 2. The topological polar surface area (TPSA) is 30.5 Å². The first-order chi connectivity index (χ1) is 8.63. The average molecular weight is 272 g/mol. The Labute approximate surface area is 114 Å². The minimum absolute atomic E-state index is 0.509. The summed E-state index contributed by atoms with van der Waals surface area (Å²) in [7, 11) is 1.69. The van der Waals surface area contributed by atoms with Gasteiger partial charge in [0, 0.05) is 30.8 Å². The van der Waals surface area contributed by atoms with Gasteiger partial charge < -0.3 is 14.8 Å². The fourth-order valence-corrected chi connectivity index (χ4v) is 1.68. The van der Waals surface area contributed by atoms with Crippen molar-refractivity contribution >= 4 is 11.6 Å². The van der Waals surface area contributed by atoms with E-state index in [-0.39, 0.29) is 0 Å². The summed E-state index contributed by atoms with van der Waals surface area (Å²) in [4.78, 5) is 0. The molecular weight excluding hydrogens is 250 g/mol. The molecule has 0 amide bonds. The molecule has 1 aromatic rings. The molecule has 0 aliphatic heterocycles. The predicted molar refractivity (Wildman–Crippen MR) is 75.4 cm³/mol. The first-order valence-electron chi connectivity index (χ1n) is 6.24. The Bertz CT molecular complexity index is 356. The van der Waals surface area contributed by atoms with Crippen LogP contribution in [0.5, 0.6) is 5.75 Å². The summed E-state index contributed by atoms with van der Waals surface area (Å²) in [6.07, 6.45) is 0. The second-order valence-corrected chi connectivity index (χ2v) is 5.06. The van der Waals surface area contributed by atoms with Gasteiger partial charge in [0.25, 0.3) is 0 Å². The molecule has 0 saturated carbocycles. The highest BCUT2D eigenvalue weighted by Gasteiger charge is 2.05. The third-order valence-corrected chi connectivity index (χ3v) is 2.63. The van der Waals surface area contributed by atoms with E-state index in [2.05, 4.69) is 19.2 Å². The number of hydrogen-bond donors (Lipinski definition) is 1. The van der Waals surface area contributed by atoms with Gasteiger partial charge >= 0.3 is 0 Å². The lowest BCUT2D eigenvalue weighted by Gasteiger charge is -2.14. The molecule has 1 aromatic carbocycles. The Hall–Kier alpha value is -0.770. The van der Waals surface area contributed by atoms with Crippen molar-refractivity contribution in [1.29, 1.82) is 0 Å². The molecule has 1 N–H and O–H groups in total. The lowest BCUT2D eigenvalue weighted by molar-refractivity contribution is 0.199. The fourth-order valence-electron chi connectivity index (χ4n) is 1.48. The highest BCUT2D eigenvalue weighted by molar-refractivity contribution is 6.30. The van der Waals surface area contributed by atoms with Gasteiger partial charge in [0.1, 0.15) is 5.75 Å². The van der Waals surface area contributed by atoms with Crippen LogP contribution in [0.4, 0.5) is 0 Å². The van der Waals surface area contributed by atoms with E-state index >= 15 is 0 Å². The van der Waals surface area contributed by atoms with E-state index in [1.54, 1.807) is 7.11 Å². The van der Waals surface area contributed by atoms with Crippen molar-refractivity contribution in [3.8, 4) is 5.75 Å². The van der Waals surface area contributed by atoms with Gasteiger partial charge in [-0.1, -0.05) is 25.4 Å². The molecular formula is C14H22ClNO2. The zero-order valence-electron chi connectivity index (χ0n) is 11.3. The van der Waals surface area contributed by atoms with Gasteiger partial charge in [-0.2, -0.15) is 0 Å². The summed E-state index contributed by atoms with van der Waals surface area (Å²) in [6.45, 7) is 7.22. The quantitative estimate of drug-likeness (QED) is 0.737. The molecule has 102 valence electrons. The van der Waals surface area contributed by atoms with Crippen molar-refractivity contribution in [2.45, 2.75) is 20.4 Å². The summed E-state index contributed by atoms with van der Waals surface area (Å²) in [5, 5.41) is 4.03. The third-order valence-electron chi connectivity index (χ3n) is 2.39. The number of methoxy groups -OCH3 is 1. The minimum atomic E-state index is 0.509. The van der Waals surface area contributed by atoms with Gasteiger partial charge in [-0.05, 0) is 24.1 Å². The van der Waals surface area contributed by atoms with Gasteiger partial charge in [0.05, 0.1) is 13.2 Å². The Morgan fingerprint density at radius 2 is 2.11 bits per heavy atom. The van der Waals surface area contributed by atoms with E-state index in [4.69, 9.17) is 21.1 Å². The lowest BCUT2D eigenvalue weighted by atomic mass is 10.2. The molecule has 0 aliphatic rings. The van der Waals surface area contributed by atoms with E-state index in [1.165, 1.54) is 0 Å². The molecule has 0 radical (unpaired) electrons. The van der Waals surface area contributed by atoms with Crippen LogP contribution in [0.15, 0.2) is 18.2 Å². The zero-order chi connectivity index (χ0) is 13.4. The van der Waals surface area contributed by atoms with Crippen LogP contribution in [0, 0.1) is 5.92 Å². The normalized spacial score (nSPS) is 10.9. The summed E-state index contributed by atoms with van der Waals surface area (Å²) >= 11 is 6.01. The molecule has 1 rings (SSSR count). The number of nitrogens with one attached hydrogen (secondary N) is 1. The molecule has 0 bridgehead atoms. The van der Waals surface area contributed by atoms with Crippen molar-refractivity contribution in [2.24, 2.45) is 5.92 Å². The van der Waals surface area contributed by atoms with Gasteiger partial charge in [-0.25, -0.2) is 0 Å². The molecule has 18 heavy (non-hydrogen) atoms. The second kappa shape index (κ2) is 8.35. The maximum Gasteiger partial charge on any atom is 0.123 e. The first-order valence-corrected chi connectivity index (χ1v) is 6.62. The number of benzene rings is 1. The van der Waals surface area contributed by atoms with Crippen molar-refractivity contribution in [3.05, 3.63) is 28.8 Å². The Balaban J connectivity index is 2.58. The van der Waals surface area contributed by atoms with Crippen LogP contribution in [0.3, 0.4) is 0 Å². The van der Waals surface area contributed by atoms with E-state index in [0.717, 1.165) is 29.4 Å². The van der Waals surface area contributed by atoms with Crippen LogP contribution < -0.4 is 10.1 Å². The van der Waals surface area contributed by atoms with Gasteiger partial charge in [0.15, 0.2) is 0 Å². The van der Waals surface area contributed by atoms with Crippen molar-refractivity contribution < 1.29 is 9.47 Å². The van der Waals surface area contributed by atoms with Crippen LogP contribution in [0.25, 0.3) is 0 Å². The van der Waals surface area contributed by atoms with E-state index in [0.29, 0.717) is 19.1 Å². The highest BCUT2D eigenvalue weighted by atomic mass is 35.5. The number of hydrogen-bond acceptors (Lipinski definition) is 3. The lowest BCUT2D eigenvalue weighted by Crippen LogP contribution is -2.19. The fraction of sp³-hybridized carbons (Fsp3) is 0.571. The largest absolute Gasteiger partial charge is 0.493 e. The zero-order valence-corrected chi connectivity index (χ0v) is 12.1. The van der Waals surface area contributed by atoms with Crippen molar-refractivity contribution in [2.75, 3.05) is 26.9 Å². The van der Waals surface area contributed by atoms with Gasteiger partial charge in [-0.3, -0.25) is 0 Å². The highest BCUT2D eigenvalue weighted by Crippen LogP contribution is 2.23. The molecule has 0 spiro atoms. The Morgan fingerprint density at radius 3 is 2.78 bits per heavy atom. The van der Waals surface area contributed by atoms with Crippen molar-refractivity contribution in [3.63, 3.8) is 0 Å². The summed E-state index contributed by atoms with van der Waals surface area (Å²) in [5.74, 6) is 1.41.